The maximum atomic E-state index is 10.4. The van der Waals surface area contributed by atoms with Crippen molar-refractivity contribution in [3.8, 4) is 11.6 Å². The van der Waals surface area contributed by atoms with E-state index < -0.39 is 6.09 Å². The van der Waals surface area contributed by atoms with E-state index in [1.807, 2.05) is 5.32 Å². The van der Waals surface area contributed by atoms with E-state index in [9.17, 15) is 4.79 Å². The standard InChI is InChI=1S/C9H11N3O4S/c1-15-5-3-4-6(16-2)10-7(5)11-8(17)12-9(13)14/h3-4H,1-2H3,(H,13,14)(H2,10,11,12,17). The normalized spacial score (nSPS) is 9.29. The summed E-state index contributed by atoms with van der Waals surface area (Å²) < 4.78 is 9.97. The van der Waals surface area contributed by atoms with Crippen molar-refractivity contribution in [2.75, 3.05) is 19.5 Å². The first kappa shape index (κ1) is 13.0. The van der Waals surface area contributed by atoms with Crippen LogP contribution < -0.4 is 20.1 Å². The molecule has 7 nitrogen and oxygen atoms in total. The molecule has 17 heavy (non-hydrogen) atoms. The van der Waals surface area contributed by atoms with Crippen molar-refractivity contribution in [2.45, 2.75) is 0 Å². The maximum absolute atomic E-state index is 10.4. The molecule has 0 radical (unpaired) electrons. The van der Waals surface area contributed by atoms with Gasteiger partial charge in [-0.3, -0.25) is 5.32 Å². The number of amides is 1. The van der Waals surface area contributed by atoms with E-state index >= 15 is 0 Å². The van der Waals surface area contributed by atoms with Gasteiger partial charge < -0.3 is 19.9 Å². The van der Waals surface area contributed by atoms with Crippen LogP contribution in [0, 0.1) is 0 Å². The number of anilines is 1. The molecule has 0 saturated carbocycles. The first-order valence-corrected chi connectivity index (χ1v) is 4.87. The zero-order valence-corrected chi connectivity index (χ0v) is 10.00. The van der Waals surface area contributed by atoms with Crippen LogP contribution >= 0.6 is 12.2 Å². The molecule has 1 heterocycles. The van der Waals surface area contributed by atoms with Gasteiger partial charge in [0.1, 0.15) is 0 Å². The summed E-state index contributed by atoms with van der Waals surface area (Å²) in [5.74, 6) is 1.04. The molecule has 1 rings (SSSR count). The first-order chi connectivity index (χ1) is 8.06. The molecule has 0 bridgehead atoms. The molecule has 1 amide bonds. The lowest BCUT2D eigenvalue weighted by Crippen LogP contribution is -2.33. The van der Waals surface area contributed by atoms with Crippen LogP contribution in [0.25, 0.3) is 0 Å². The number of thiocarbonyl (C=S) groups is 1. The molecular weight excluding hydrogens is 246 g/mol. The van der Waals surface area contributed by atoms with Gasteiger partial charge in [-0.25, -0.2) is 4.79 Å². The molecule has 0 spiro atoms. The number of rotatable bonds is 3. The molecule has 1 aromatic rings. The largest absolute Gasteiger partial charge is 0.493 e. The molecule has 8 heteroatoms. The predicted molar refractivity (Wildman–Crippen MR) is 64.7 cm³/mol. The molecule has 0 aliphatic rings. The van der Waals surface area contributed by atoms with Crippen molar-refractivity contribution in [1.29, 1.82) is 0 Å². The summed E-state index contributed by atoms with van der Waals surface area (Å²) in [6.45, 7) is 0. The second kappa shape index (κ2) is 5.85. The Hall–Kier alpha value is -2.09. The van der Waals surface area contributed by atoms with Gasteiger partial charge in [0.2, 0.25) is 5.88 Å². The van der Waals surface area contributed by atoms with E-state index in [1.54, 1.807) is 12.1 Å². The number of carboxylic acid groups (broad SMARTS) is 1. The number of hydrogen-bond donors (Lipinski definition) is 3. The van der Waals surface area contributed by atoms with Crippen LogP contribution in [0.2, 0.25) is 0 Å². The predicted octanol–water partition coefficient (Wildman–Crippen LogP) is 1.06. The van der Waals surface area contributed by atoms with Gasteiger partial charge in [0.25, 0.3) is 0 Å². The van der Waals surface area contributed by atoms with Crippen molar-refractivity contribution in [3.05, 3.63) is 12.1 Å². The SMILES string of the molecule is COc1ccc(OC)c(NC(=S)NC(=O)O)n1. The van der Waals surface area contributed by atoms with Gasteiger partial charge in [0.05, 0.1) is 14.2 Å². The van der Waals surface area contributed by atoms with Gasteiger partial charge in [-0.05, 0) is 18.3 Å². The minimum Gasteiger partial charge on any atom is -0.493 e. The van der Waals surface area contributed by atoms with Crippen molar-refractivity contribution in [1.82, 2.24) is 10.3 Å². The molecule has 0 fully saturated rings. The van der Waals surface area contributed by atoms with Gasteiger partial charge in [0.15, 0.2) is 16.7 Å². The Kier molecular flexibility index (Phi) is 4.46. The molecule has 92 valence electrons. The van der Waals surface area contributed by atoms with Crippen LogP contribution in [-0.4, -0.2) is 35.5 Å². The van der Waals surface area contributed by atoms with Crippen LogP contribution in [0.3, 0.4) is 0 Å². The Morgan fingerprint density at radius 1 is 1.41 bits per heavy atom. The Balaban J connectivity index is 2.87. The summed E-state index contributed by atoms with van der Waals surface area (Å²) in [5.41, 5.74) is 0. The Morgan fingerprint density at radius 3 is 2.65 bits per heavy atom. The molecule has 3 N–H and O–H groups in total. The highest BCUT2D eigenvalue weighted by Gasteiger charge is 2.09. The fourth-order valence-electron chi connectivity index (χ4n) is 1.03. The van der Waals surface area contributed by atoms with Crippen LogP contribution in [0.4, 0.5) is 10.6 Å². The molecule has 0 aromatic carbocycles. The highest BCUT2D eigenvalue weighted by Crippen LogP contribution is 2.24. The Labute approximate surface area is 103 Å². The van der Waals surface area contributed by atoms with Gasteiger partial charge in [-0.15, -0.1) is 0 Å². The second-order valence-electron chi connectivity index (χ2n) is 2.79. The number of hydrogen-bond acceptors (Lipinski definition) is 5. The summed E-state index contributed by atoms with van der Waals surface area (Å²) in [7, 11) is 2.93. The number of ether oxygens (including phenoxy) is 2. The zero-order valence-electron chi connectivity index (χ0n) is 9.18. The number of pyridine rings is 1. The van der Waals surface area contributed by atoms with E-state index in [2.05, 4.69) is 10.3 Å². The van der Waals surface area contributed by atoms with Gasteiger partial charge in [0, 0.05) is 6.07 Å². The van der Waals surface area contributed by atoms with Crippen molar-refractivity contribution < 1.29 is 19.4 Å². The zero-order chi connectivity index (χ0) is 12.8. The monoisotopic (exact) mass is 257 g/mol. The number of aromatic nitrogens is 1. The molecule has 0 aliphatic carbocycles. The highest BCUT2D eigenvalue weighted by atomic mass is 32.1. The average Bonchev–Trinajstić information content (AvgIpc) is 2.27. The number of nitrogens with one attached hydrogen (secondary N) is 2. The average molecular weight is 257 g/mol. The Morgan fingerprint density at radius 2 is 2.12 bits per heavy atom. The third-order valence-electron chi connectivity index (χ3n) is 1.71. The van der Waals surface area contributed by atoms with E-state index in [-0.39, 0.29) is 10.9 Å². The molecule has 0 atom stereocenters. The number of carbonyl (C=O) groups is 1. The minimum atomic E-state index is -1.26. The van der Waals surface area contributed by atoms with Gasteiger partial charge >= 0.3 is 6.09 Å². The highest BCUT2D eigenvalue weighted by molar-refractivity contribution is 7.80. The molecule has 1 aromatic heterocycles. The van der Waals surface area contributed by atoms with Crippen molar-refractivity contribution in [2.24, 2.45) is 0 Å². The number of nitrogens with zero attached hydrogens (tertiary/aromatic N) is 1. The second-order valence-corrected chi connectivity index (χ2v) is 3.20. The van der Waals surface area contributed by atoms with Crippen LogP contribution in [-0.2, 0) is 0 Å². The number of methoxy groups -OCH3 is 2. The van der Waals surface area contributed by atoms with Crippen LogP contribution in [0.15, 0.2) is 12.1 Å². The van der Waals surface area contributed by atoms with E-state index in [1.165, 1.54) is 14.2 Å². The van der Waals surface area contributed by atoms with Crippen LogP contribution in [0.1, 0.15) is 0 Å². The lowest BCUT2D eigenvalue weighted by molar-refractivity contribution is 0.200. The quantitative estimate of drug-likeness (QED) is 0.697. The first-order valence-electron chi connectivity index (χ1n) is 4.46. The van der Waals surface area contributed by atoms with E-state index in [0.717, 1.165) is 0 Å². The summed E-state index contributed by atoms with van der Waals surface area (Å²) in [6.07, 6.45) is -1.26. The summed E-state index contributed by atoms with van der Waals surface area (Å²) >= 11 is 4.76. The van der Waals surface area contributed by atoms with Crippen LogP contribution in [0.5, 0.6) is 11.6 Å². The third-order valence-corrected chi connectivity index (χ3v) is 1.92. The Bertz CT molecular complexity index is 438. The lowest BCUT2D eigenvalue weighted by atomic mass is 10.4. The smallest absolute Gasteiger partial charge is 0.410 e. The van der Waals surface area contributed by atoms with Gasteiger partial charge in [-0.1, -0.05) is 0 Å². The fraction of sp³-hybridized carbons (Fsp3) is 0.222. The third kappa shape index (κ3) is 3.76. The maximum Gasteiger partial charge on any atom is 0.410 e. The molecule has 0 aliphatic heterocycles. The van der Waals surface area contributed by atoms with Crippen molar-refractivity contribution in [3.63, 3.8) is 0 Å². The van der Waals surface area contributed by atoms with Gasteiger partial charge in [-0.2, -0.15) is 4.98 Å². The minimum absolute atomic E-state index is 0.100. The summed E-state index contributed by atoms with van der Waals surface area (Å²) in [6, 6.07) is 3.23. The van der Waals surface area contributed by atoms with E-state index in [0.29, 0.717) is 11.6 Å². The summed E-state index contributed by atoms with van der Waals surface area (Å²) in [5, 5.41) is 12.9. The summed E-state index contributed by atoms with van der Waals surface area (Å²) in [4.78, 5) is 14.4. The van der Waals surface area contributed by atoms with Crippen molar-refractivity contribution >= 4 is 29.2 Å². The lowest BCUT2D eigenvalue weighted by Gasteiger charge is -2.11. The van der Waals surface area contributed by atoms with E-state index in [4.69, 9.17) is 26.8 Å². The fourth-order valence-corrected chi connectivity index (χ4v) is 1.22. The molecule has 0 unspecified atom stereocenters. The molecular formula is C9H11N3O4S. The topological polar surface area (TPSA) is 92.7 Å². The molecule has 0 saturated heterocycles.